The van der Waals surface area contributed by atoms with Crippen molar-refractivity contribution in [2.45, 2.75) is 45.4 Å². The van der Waals surface area contributed by atoms with Crippen molar-refractivity contribution in [3.63, 3.8) is 0 Å². The summed E-state index contributed by atoms with van der Waals surface area (Å²) in [5.74, 6) is -0.456. The molecule has 4 nitrogen and oxygen atoms in total. The van der Waals surface area contributed by atoms with Gasteiger partial charge in [-0.25, -0.2) is 0 Å². The second-order valence-electron chi connectivity index (χ2n) is 5.88. The molecule has 0 fully saturated rings. The fraction of sp³-hybridized carbons (Fsp3) is 0.588. The van der Waals surface area contributed by atoms with Gasteiger partial charge in [-0.05, 0) is 23.6 Å². The number of carbonyl (C=O) groups excluding carboxylic acids is 1. The van der Waals surface area contributed by atoms with Crippen molar-refractivity contribution in [2.75, 3.05) is 19.8 Å². The standard InChI is InChI=1S/C17H26O4/c1-10(7-18)14-5-15(11(2)8-19)17(13(4)21)16(6-14)12(3)9-20/h5-6,10-12,18-20H,7-9H2,1-4H3. The van der Waals surface area contributed by atoms with E-state index in [1.54, 1.807) is 0 Å². The van der Waals surface area contributed by atoms with Crippen LogP contribution in [-0.4, -0.2) is 40.9 Å². The van der Waals surface area contributed by atoms with Gasteiger partial charge in [-0.2, -0.15) is 0 Å². The molecular weight excluding hydrogens is 268 g/mol. The molecule has 0 heterocycles. The quantitative estimate of drug-likeness (QED) is 0.674. The van der Waals surface area contributed by atoms with Crippen molar-refractivity contribution in [3.8, 4) is 0 Å². The first-order valence-electron chi connectivity index (χ1n) is 7.38. The van der Waals surface area contributed by atoms with Crippen LogP contribution >= 0.6 is 0 Å². The van der Waals surface area contributed by atoms with Crippen molar-refractivity contribution in [3.05, 3.63) is 34.4 Å². The molecule has 1 aromatic rings. The Balaban J connectivity index is 3.61. The molecule has 0 aliphatic carbocycles. The van der Waals surface area contributed by atoms with Crippen LogP contribution in [0.4, 0.5) is 0 Å². The first-order chi connectivity index (χ1) is 9.87. The first-order valence-corrected chi connectivity index (χ1v) is 7.38. The third-order valence-corrected chi connectivity index (χ3v) is 4.03. The molecule has 0 spiro atoms. The summed E-state index contributed by atoms with van der Waals surface area (Å²) in [6.45, 7) is 7.05. The van der Waals surface area contributed by atoms with Crippen molar-refractivity contribution >= 4 is 5.78 Å². The lowest BCUT2D eigenvalue weighted by Gasteiger charge is -2.23. The summed E-state index contributed by atoms with van der Waals surface area (Å²) in [6, 6.07) is 3.79. The van der Waals surface area contributed by atoms with E-state index in [0.717, 1.165) is 16.7 Å². The Bertz CT molecular complexity index is 465. The van der Waals surface area contributed by atoms with Crippen LogP contribution in [0.1, 0.15) is 72.5 Å². The van der Waals surface area contributed by atoms with Gasteiger partial charge in [-0.1, -0.05) is 32.9 Å². The summed E-state index contributed by atoms with van der Waals surface area (Å²) >= 11 is 0. The molecule has 118 valence electrons. The zero-order chi connectivity index (χ0) is 16.2. The maximum Gasteiger partial charge on any atom is 0.160 e. The van der Waals surface area contributed by atoms with E-state index in [9.17, 15) is 20.1 Å². The van der Waals surface area contributed by atoms with Crippen LogP contribution in [0.25, 0.3) is 0 Å². The Hall–Kier alpha value is -1.23. The molecule has 0 aliphatic heterocycles. The normalized spacial score (nSPS) is 15.6. The summed E-state index contributed by atoms with van der Waals surface area (Å²) in [6.07, 6.45) is 0. The van der Waals surface area contributed by atoms with Gasteiger partial charge in [0.2, 0.25) is 0 Å². The molecule has 0 radical (unpaired) electrons. The summed E-state index contributed by atoms with van der Waals surface area (Å²) < 4.78 is 0. The monoisotopic (exact) mass is 294 g/mol. The average Bonchev–Trinajstić information content (AvgIpc) is 2.50. The minimum Gasteiger partial charge on any atom is -0.396 e. The molecule has 1 aromatic carbocycles. The van der Waals surface area contributed by atoms with E-state index in [0.29, 0.717) is 5.56 Å². The number of benzene rings is 1. The van der Waals surface area contributed by atoms with Gasteiger partial charge in [0.05, 0.1) is 0 Å². The van der Waals surface area contributed by atoms with E-state index < -0.39 is 0 Å². The van der Waals surface area contributed by atoms with Crippen molar-refractivity contribution in [1.29, 1.82) is 0 Å². The predicted molar refractivity (Wildman–Crippen MR) is 82.9 cm³/mol. The minimum absolute atomic E-state index is 0.0132. The van der Waals surface area contributed by atoms with Crippen LogP contribution in [0.2, 0.25) is 0 Å². The van der Waals surface area contributed by atoms with Crippen LogP contribution in [0.5, 0.6) is 0 Å². The Morgan fingerprint density at radius 3 is 1.57 bits per heavy atom. The molecule has 4 heteroatoms. The molecule has 3 unspecified atom stereocenters. The Morgan fingerprint density at radius 2 is 1.29 bits per heavy atom. The van der Waals surface area contributed by atoms with Crippen LogP contribution < -0.4 is 0 Å². The highest BCUT2D eigenvalue weighted by atomic mass is 16.3. The van der Waals surface area contributed by atoms with E-state index in [-0.39, 0.29) is 43.4 Å². The SMILES string of the molecule is CC(=O)c1c(C(C)CO)cc(C(C)CO)cc1C(C)CO. The smallest absolute Gasteiger partial charge is 0.160 e. The fourth-order valence-electron chi connectivity index (χ4n) is 2.48. The van der Waals surface area contributed by atoms with Gasteiger partial charge in [-0.15, -0.1) is 0 Å². The lowest BCUT2D eigenvalue weighted by molar-refractivity contribution is 0.101. The average molecular weight is 294 g/mol. The third kappa shape index (κ3) is 3.90. The number of hydrogen-bond donors (Lipinski definition) is 3. The molecular formula is C17H26O4. The number of aliphatic hydroxyl groups is 3. The molecule has 3 atom stereocenters. The largest absolute Gasteiger partial charge is 0.396 e. The van der Waals surface area contributed by atoms with Gasteiger partial charge in [0.15, 0.2) is 5.78 Å². The molecule has 1 rings (SSSR count). The zero-order valence-corrected chi connectivity index (χ0v) is 13.3. The first kappa shape index (κ1) is 17.8. The van der Waals surface area contributed by atoms with Crippen LogP contribution in [0.3, 0.4) is 0 Å². The molecule has 0 aliphatic rings. The van der Waals surface area contributed by atoms with Crippen LogP contribution in [0, 0.1) is 0 Å². The zero-order valence-electron chi connectivity index (χ0n) is 13.3. The lowest BCUT2D eigenvalue weighted by atomic mass is 9.82. The number of carbonyl (C=O) groups is 1. The Labute approximate surface area is 126 Å². The van der Waals surface area contributed by atoms with Gasteiger partial charge in [0, 0.05) is 43.1 Å². The van der Waals surface area contributed by atoms with Crippen molar-refractivity contribution in [2.24, 2.45) is 0 Å². The highest BCUT2D eigenvalue weighted by Crippen LogP contribution is 2.32. The Kier molecular flexibility index (Phi) is 6.52. The Morgan fingerprint density at radius 1 is 0.905 bits per heavy atom. The maximum absolute atomic E-state index is 12.1. The van der Waals surface area contributed by atoms with E-state index in [1.807, 2.05) is 32.9 Å². The van der Waals surface area contributed by atoms with E-state index in [1.165, 1.54) is 6.92 Å². The second-order valence-corrected chi connectivity index (χ2v) is 5.88. The molecule has 0 saturated carbocycles. The van der Waals surface area contributed by atoms with E-state index in [4.69, 9.17) is 0 Å². The number of rotatable bonds is 7. The topological polar surface area (TPSA) is 77.8 Å². The van der Waals surface area contributed by atoms with E-state index in [2.05, 4.69) is 0 Å². The molecule has 0 amide bonds. The number of hydrogen-bond acceptors (Lipinski definition) is 4. The van der Waals surface area contributed by atoms with Crippen LogP contribution in [0.15, 0.2) is 12.1 Å². The second kappa shape index (κ2) is 7.69. The summed E-state index contributed by atoms with van der Waals surface area (Å²) in [5, 5.41) is 28.3. The van der Waals surface area contributed by atoms with Gasteiger partial charge in [0.1, 0.15) is 0 Å². The summed E-state index contributed by atoms with van der Waals surface area (Å²) in [4.78, 5) is 12.1. The molecule has 0 saturated heterocycles. The molecule has 21 heavy (non-hydrogen) atoms. The highest BCUT2D eigenvalue weighted by molar-refractivity contribution is 5.97. The minimum atomic E-state index is -0.167. The summed E-state index contributed by atoms with van der Waals surface area (Å²) in [7, 11) is 0. The maximum atomic E-state index is 12.1. The van der Waals surface area contributed by atoms with Gasteiger partial charge >= 0.3 is 0 Å². The fourth-order valence-corrected chi connectivity index (χ4v) is 2.48. The van der Waals surface area contributed by atoms with Gasteiger partial charge in [0.25, 0.3) is 0 Å². The van der Waals surface area contributed by atoms with Crippen molar-refractivity contribution < 1.29 is 20.1 Å². The van der Waals surface area contributed by atoms with Crippen LogP contribution in [-0.2, 0) is 0 Å². The third-order valence-electron chi connectivity index (χ3n) is 4.03. The molecule has 3 N–H and O–H groups in total. The molecule has 0 aromatic heterocycles. The number of aliphatic hydroxyl groups excluding tert-OH is 3. The van der Waals surface area contributed by atoms with Crippen molar-refractivity contribution in [1.82, 2.24) is 0 Å². The number of Topliss-reactive ketones (excluding diaryl/α,β-unsaturated/α-hetero) is 1. The predicted octanol–water partition coefficient (Wildman–Crippen LogP) is 2.18. The summed E-state index contributed by atoms with van der Waals surface area (Å²) in [5.41, 5.74) is 3.09. The molecule has 0 bridgehead atoms. The van der Waals surface area contributed by atoms with Gasteiger partial charge < -0.3 is 15.3 Å². The lowest BCUT2D eigenvalue weighted by Crippen LogP contribution is -2.15. The van der Waals surface area contributed by atoms with Gasteiger partial charge in [-0.3, -0.25) is 4.79 Å². The van der Waals surface area contributed by atoms with E-state index >= 15 is 0 Å². The highest BCUT2D eigenvalue weighted by Gasteiger charge is 2.22. The number of ketones is 1.